The Balaban J connectivity index is 1.57. The van der Waals surface area contributed by atoms with E-state index in [0.29, 0.717) is 37.2 Å². The summed E-state index contributed by atoms with van der Waals surface area (Å²) in [4.78, 5) is 5.11. The van der Waals surface area contributed by atoms with E-state index < -0.39 is 10.0 Å². The first kappa shape index (κ1) is 18.6. The number of quaternary nitrogens is 1. The lowest BCUT2D eigenvalue weighted by Crippen LogP contribution is -3.13. The van der Waals surface area contributed by atoms with Crippen LogP contribution in [-0.4, -0.2) is 64.7 Å². The molecule has 0 saturated carbocycles. The second kappa shape index (κ2) is 8.44. The highest BCUT2D eigenvalue weighted by molar-refractivity contribution is 7.89. The van der Waals surface area contributed by atoms with Gasteiger partial charge < -0.3 is 9.64 Å². The number of piperidine rings is 1. The minimum atomic E-state index is -3.43. The fourth-order valence-corrected chi connectivity index (χ4v) is 4.97. The van der Waals surface area contributed by atoms with Gasteiger partial charge in [0, 0.05) is 32.0 Å². The first-order valence-electron chi connectivity index (χ1n) is 9.29. The molecule has 1 aromatic heterocycles. The normalized spacial score (nSPS) is 25.6. The van der Waals surface area contributed by atoms with Gasteiger partial charge in [0.25, 0.3) is 5.82 Å². The van der Waals surface area contributed by atoms with Crippen molar-refractivity contribution in [3.8, 4) is 0 Å². The molecular weight excluding hydrogens is 340 g/mol. The summed E-state index contributed by atoms with van der Waals surface area (Å²) >= 11 is 0. The second-order valence-corrected chi connectivity index (χ2v) is 8.81. The van der Waals surface area contributed by atoms with Crippen molar-refractivity contribution < 1.29 is 23.0 Å². The number of anilines is 1. The number of morpholine rings is 1. The minimum Gasteiger partial charge on any atom is -0.379 e. The maximum atomic E-state index is 12.6. The van der Waals surface area contributed by atoms with Crippen molar-refractivity contribution in [2.45, 2.75) is 37.1 Å². The number of sulfonamides is 1. The summed E-state index contributed by atoms with van der Waals surface area (Å²) in [6, 6.07) is 3.97. The van der Waals surface area contributed by atoms with Crippen LogP contribution in [0.1, 0.15) is 26.2 Å². The molecule has 3 heterocycles. The Morgan fingerprint density at radius 1 is 1.28 bits per heavy atom. The van der Waals surface area contributed by atoms with Crippen molar-refractivity contribution in [2.24, 2.45) is 0 Å². The maximum Gasteiger partial charge on any atom is 0.272 e. The van der Waals surface area contributed by atoms with Gasteiger partial charge in [0.15, 0.2) is 0 Å². The maximum absolute atomic E-state index is 12.6. The average Bonchev–Trinajstić information content (AvgIpc) is 2.65. The summed E-state index contributed by atoms with van der Waals surface area (Å²) in [7, 11) is -3.43. The van der Waals surface area contributed by atoms with Gasteiger partial charge in [-0.2, -0.15) is 4.31 Å². The summed E-state index contributed by atoms with van der Waals surface area (Å²) in [6.45, 7) is 7.65. The Labute approximate surface area is 150 Å². The minimum absolute atomic E-state index is 0.308. The highest BCUT2D eigenvalue weighted by atomic mass is 32.2. The highest BCUT2D eigenvalue weighted by Gasteiger charge is 2.28. The van der Waals surface area contributed by atoms with Gasteiger partial charge in [0.2, 0.25) is 10.0 Å². The summed E-state index contributed by atoms with van der Waals surface area (Å²) in [6.07, 6.45) is 5.12. The molecule has 0 aliphatic carbocycles. The van der Waals surface area contributed by atoms with Gasteiger partial charge in [-0.05, 0) is 12.5 Å². The largest absolute Gasteiger partial charge is 0.379 e. The molecule has 1 aromatic rings. The molecule has 2 aliphatic rings. The van der Waals surface area contributed by atoms with Crippen LogP contribution in [0.4, 0.5) is 5.82 Å². The van der Waals surface area contributed by atoms with E-state index in [9.17, 15) is 8.42 Å². The van der Waals surface area contributed by atoms with Gasteiger partial charge in [-0.15, -0.1) is 0 Å². The second-order valence-electron chi connectivity index (χ2n) is 6.87. The average molecular weight is 371 g/mol. The van der Waals surface area contributed by atoms with Crippen LogP contribution in [0.2, 0.25) is 0 Å². The lowest BCUT2D eigenvalue weighted by Gasteiger charge is -2.27. The SMILES string of the molecule is CCC[NH+]1CCC(Nc2ccc(S(=O)(=O)N3CCOCC3)c[nH+]2)CC1. The monoisotopic (exact) mass is 370 g/mol. The van der Waals surface area contributed by atoms with E-state index in [4.69, 9.17) is 4.74 Å². The first-order valence-corrected chi connectivity index (χ1v) is 10.7. The van der Waals surface area contributed by atoms with Gasteiger partial charge in [-0.3, -0.25) is 5.32 Å². The molecule has 25 heavy (non-hydrogen) atoms. The summed E-state index contributed by atoms with van der Waals surface area (Å²) < 4.78 is 31.9. The van der Waals surface area contributed by atoms with Crippen molar-refractivity contribution in [2.75, 3.05) is 51.3 Å². The van der Waals surface area contributed by atoms with E-state index in [2.05, 4.69) is 17.2 Å². The molecule has 0 unspecified atom stereocenters. The Bertz CT molecular complexity index is 636. The number of H-pyrrole nitrogens is 1. The van der Waals surface area contributed by atoms with E-state index >= 15 is 0 Å². The number of likely N-dealkylation sites (tertiary alicyclic amines) is 1. The Morgan fingerprint density at radius 2 is 2.00 bits per heavy atom. The van der Waals surface area contributed by atoms with Crippen LogP contribution in [0.15, 0.2) is 23.2 Å². The molecule has 0 atom stereocenters. The van der Waals surface area contributed by atoms with E-state index in [1.165, 1.54) is 30.4 Å². The molecule has 0 aromatic carbocycles. The van der Waals surface area contributed by atoms with Gasteiger partial charge in [0.05, 0.1) is 32.8 Å². The predicted molar refractivity (Wildman–Crippen MR) is 95.1 cm³/mol. The lowest BCUT2D eigenvalue weighted by atomic mass is 10.0. The van der Waals surface area contributed by atoms with Crippen molar-refractivity contribution in [1.29, 1.82) is 0 Å². The van der Waals surface area contributed by atoms with Crippen LogP contribution in [0, 0.1) is 0 Å². The molecule has 0 spiro atoms. The Hall–Kier alpha value is -1.22. The quantitative estimate of drug-likeness (QED) is 0.701. The van der Waals surface area contributed by atoms with Crippen LogP contribution in [0.3, 0.4) is 0 Å². The third-order valence-corrected chi connectivity index (χ3v) is 6.94. The zero-order chi connectivity index (χ0) is 17.7. The van der Waals surface area contributed by atoms with Crippen LogP contribution in [0.25, 0.3) is 0 Å². The lowest BCUT2D eigenvalue weighted by molar-refractivity contribution is -0.905. The summed E-state index contributed by atoms with van der Waals surface area (Å²) in [5.74, 6) is 0.880. The molecule has 140 valence electrons. The van der Waals surface area contributed by atoms with Gasteiger partial charge in [0.1, 0.15) is 17.1 Å². The molecule has 0 amide bonds. The molecule has 0 radical (unpaired) electrons. The highest BCUT2D eigenvalue weighted by Crippen LogP contribution is 2.16. The van der Waals surface area contributed by atoms with E-state index in [-0.39, 0.29) is 0 Å². The van der Waals surface area contributed by atoms with Crippen LogP contribution >= 0.6 is 0 Å². The van der Waals surface area contributed by atoms with E-state index in [1.54, 1.807) is 17.2 Å². The van der Waals surface area contributed by atoms with Gasteiger partial charge in [-0.1, -0.05) is 6.92 Å². The molecule has 2 fully saturated rings. The number of hydrogen-bond acceptors (Lipinski definition) is 4. The fraction of sp³-hybridized carbons (Fsp3) is 0.706. The number of nitrogens with zero attached hydrogens (tertiary/aromatic N) is 1. The molecule has 7 nitrogen and oxygen atoms in total. The van der Waals surface area contributed by atoms with Crippen molar-refractivity contribution in [3.63, 3.8) is 0 Å². The molecule has 0 bridgehead atoms. The molecule has 3 N–H and O–H groups in total. The van der Waals surface area contributed by atoms with E-state index in [1.807, 2.05) is 6.07 Å². The number of aromatic nitrogens is 1. The number of ether oxygens (including phenoxy) is 1. The predicted octanol–water partition coefficient (Wildman–Crippen LogP) is -0.609. The van der Waals surface area contributed by atoms with Crippen LogP contribution in [0.5, 0.6) is 0 Å². The number of rotatable bonds is 6. The molecule has 8 heteroatoms. The molecule has 2 saturated heterocycles. The number of nitrogens with one attached hydrogen (secondary N) is 3. The Morgan fingerprint density at radius 3 is 2.60 bits per heavy atom. The molecular formula is C17H30N4O3S+2. The van der Waals surface area contributed by atoms with Crippen molar-refractivity contribution in [1.82, 2.24) is 4.31 Å². The number of pyridine rings is 1. The Kier molecular flexibility index (Phi) is 6.27. The molecule has 2 aliphatic heterocycles. The zero-order valence-corrected chi connectivity index (χ0v) is 15.8. The topological polar surface area (TPSA) is 77.2 Å². The molecule has 3 rings (SSSR count). The van der Waals surface area contributed by atoms with Crippen molar-refractivity contribution in [3.05, 3.63) is 18.3 Å². The third-order valence-electron chi connectivity index (χ3n) is 5.05. The summed E-state index contributed by atoms with van der Waals surface area (Å²) in [5.41, 5.74) is 0. The van der Waals surface area contributed by atoms with Gasteiger partial charge in [-0.25, -0.2) is 13.4 Å². The number of hydrogen-bond donors (Lipinski definition) is 2. The standard InChI is InChI=1S/C17H28N4O3S/c1-2-7-20-8-5-15(6-9-20)19-17-4-3-16(14-18-17)25(22,23)21-10-12-24-13-11-21/h3-4,14-15H,2,5-13H2,1H3,(H,18,19)/p+2. The van der Waals surface area contributed by atoms with Gasteiger partial charge >= 0.3 is 0 Å². The van der Waals surface area contributed by atoms with E-state index in [0.717, 1.165) is 18.7 Å². The zero-order valence-electron chi connectivity index (χ0n) is 15.0. The van der Waals surface area contributed by atoms with Crippen LogP contribution < -0.4 is 15.2 Å². The number of aromatic amines is 1. The van der Waals surface area contributed by atoms with Crippen molar-refractivity contribution >= 4 is 15.8 Å². The third kappa shape index (κ3) is 4.69. The smallest absolute Gasteiger partial charge is 0.272 e. The first-order chi connectivity index (χ1) is 12.1. The van der Waals surface area contributed by atoms with Crippen LogP contribution in [-0.2, 0) is 14.8 Å². The summed E-state index contributed by atoms with van der Waals surface area (Å²) in [5, 5.41) is 3.50. The fourth-order valence-electron chi connectivity index (χ4n) is 3.59.